The number of fused-ring (bicyclic) bond motifs is 1. The molecule has 24 heavy (non-hydrogen) atoms. The zero-order valence-electron chi connectivity index (χ0n) is 12.7. The number of nitrogens with zero attached hydrogens (tertiary/aromatic N) is 1. The maximum Gasteiger partial charge on any atom is 0.355 e. The minimum absolute atomic E-state index is 0.00358. The van der Waals surface area contributed by atoms with Gasteiger partial charge in [-0.3, -0.25) is 9.69 Å². The Kier molecular flexibility index (Phi) is 5.28. The van der Waals surface area contributed by atoms with Gasteiger partial charge in [-0.15, -0.1) is 0 Å². The van der Waals surface area contributed by atoms with Crippen LogP contribution in [0.2, 0.25) is 0 Å². The fraction of sp³-hybridized carbons (Fsp3) is 0.538. The van der Waals surface area contributed by atoms with Gasteiger partial charge in [-0.2, -0.15) is 0 Å². The predicted molar refractivity (Wildman–Crippen MR) is 88.1 cm³/mol. The van der Waals surface area contributed by atoms with Gasteiger partial charge in [0.1, 0.15) is 12.3 Å². The Hall–Kier alpha value is -0.800. The number of hydrogen-bond donors (Lipinski definition) is 0. The number of amides is 1. The average Bonchev–Trinajstić information content (AvgIpc) is 2.47. The molecular formula is C13H14Cl3NO6S. The largest absolute Gasteiger partial charge is 0.456 e. The minimum atomic E-state index is -3.92. The summed E-state index contributed by atoms with van der Waals surface area (Å²) in [5, 5.41) is -1.35. The van der Waals surface area contributed by atoms with Crippen molar-refractivity contribution in [2.24, 2.45) is 0 Å². The Morgan fingerprint density at radius 1 is 1.38 bits per heavy atom. The second-order valence-corrected chi connectivity index (χ2v) is 9.69. The fourth-order valence-corrected chi connectivity index (χ4v) is 4.43. The molecule has 2 aliphatic heterocycles. The van der Waals surface area contributed by atoms with Crippen molar-refractivity contribution < 1.29 is 27.5 Å². The molecule has 0 bridgehead atoms. The van der Waals surface area contributed by atoms with Crippen LogP contribution in [0, 0.1) is 0 Å². The summed E-state index contributed by atoms with van der Waals surface area (Å²) in [5.41, 5.74) is -0.237. The molecule has 2 atom stereocenters. The van der Waals surface area contributed by atoms with Gasteiger partial charge in [0.2, 0.25) is 13.6 Å². The zero-order chi connectivity index (χ0) is 18.4. The maximum atomic E-state index is 12.5. The van der Waals surface area contributed by atoms with E-state index in [0.29, 0.717) is 0 Å². The van der Waals surface area contributed by atoms with Crippen molar-refractivity contribution in [3.05, 3.63) is 22.8 Å². The zero-order valence-corrected chi connectivity index (χ0v) is 15.8. The fourth-order valence-electron chi connectivity index (χ4n) is 2.45. The van der Waals surface area contributed by atoms with Gasteiger partial charge in [0.15, 0.2) is 11.5 Å². The van der Waals surface area contributed by atoms with E-state index in [0.717, 1.165) is 4.90 Å². The van der Waals surface area contributed by atoms with Crippen LogP contribution in [0.5, 0.6) is 0 Å². The third-order valence-corrected chi connectivity index (χ3v) is 5.99. The highest BCUT2D eigenvalue weighted by Crippen LogP contribution is 2.42. The monoisotopic (exact) mass is 417 g/mol. The molecule has 0 radical (unpaired) electrons. The number of allylic oxidation sites excluding steroid dienone is 1. The van der Waals surface area contributed by atoms with Crippen molar-refractivity contribution in [2.45, 2.75) is 29.1 Å². The third-order valence-electron chi connectivity index (χ3n) is 3.58. The summed E-state index contributed by atoms with van der Waals surface area (Å²) < 4.78 is 33.2. The molecule has 134 valence electrons. The number of halogens is 3. The quantitative estimate of drug-likeness (QED) is 0.392. The van der Waals surface area contributed by atoms with Crippen LogP contribution in [0.3, 0.4) is 0 Å². The number of carbonyl (C=O) groups is 2. The van der Waals surface area contributed by atoms with Crippen LogP contribution in [0.15, 0.2) is 22.8 Å². The lowest BCUT2D eigenvalue weighted by Crippen LogP contribution is -2.70. The highest BCUT2D eigenvalue weighted by atomic mass is 35.6. The molecule has 0 aromatic carbocycles. The van der Waals surface area contributed by atoms with E-state index in [4.69, 9.17) is 44.3 Å². The molecule has 2 heterocycles. The molecular weight excluding hydrogens is 405 g/mol. The van der Waals surface area contributed by atoms with Gasteiger partial charge in [0.25, 0.3) is 5.91 Å². The first-order chi connectivity index (χ1) is 10.9. The summed E-state index contributed by atoms with van der Waals surface area (Å²) in [6, 6.07) is 0. The number of carbonyl (C=O) groups excluding carboxylic acids is 2. The molecule has 11 heteroatoms. The molecule has 0 aromatic heterocycles. The van der Waals surface area contributed by atoms with Crippen molar-refractivity contribution in [2.75, 3.05) is 13.2 Å². The van der Waals surface area contributed by atoms with Crippen molar-refractivity contribution in [1.82, 2.24) is 4.90 Å². The highest BCUT2D eigenvalue weighted by Gasteiger charge is 2.61. The SMILES string of the molecule is C=C1C(C)=C(C(=O)OCC(Cl)(Cl)Cl)N2C(=O)[C@H](OCC)[C@@H]2S1(=O)=O. The molecule has 2 aliphatic rings. The molecule has 7 nitrogen and oxygen atoms in total. The van der Waals surface area contributed by atoms with E-state index in [1.807, 2.05) is 0 Å². The molecule has 0 spiro atoms. The van der Waals surface area contributed by atoms with Gasteiger partial charge in [-0.25, -0.2) is 13.2 Å². The number of ether oxygens (including phenoxy) is 2. The molecule has 0 unspecified atom stereocenters. The lowest BCUT2D eigenvalue weighted by atomic mass is 10.0. The normalized spacial score (nSPS) is 26.1. The first-order valence-corrected chi connectivity index (χ1v) is 9.44. The van der Waals surface area contributed by atoms with Crippen LogP contribution >= 0.6 is 34.8 Å². The van der Waals surface area contributed by atoms with E-state index >= 15 is 0 Å². The van der Waals surface area contributed by atoms with Crippen LogP contribution in [-0.2, 0) is 28.9 Å². The van der Waals surface area contributed by atoms with Crippen molar-refractivity contribution in [3.8, 4) is 0 Å². The van der Waals surface area contributed by atoms with E-state index in [1.54, 1.807) is 6.92 Å². The van der Waals surface area contributed by atoms with Gasteiger partial charge in [0.05, 0.1) is 4.91 Å². The number of sulfone groups is 1. The Morgan fingerprint density at radius 2 is 1.96 bits per heavy atom. The summed E-state index contributed by atoms with van der Waals surface area (Å²) in [6.45, 7) is 6.05. The van der Waals surface area contributed by atoms with Gasteiger partial charge in [0, 0.05) is 6.61 Å². The molecule has 1 saturated heterocycles. The molecule has 0 aliphatic carbocycles. The lowest BCUT2D eigenvalue weighted by molar-refractivity contribution is -0.166. The van der Waals surface area contributed by atoms with Gasteiger partial charge in [-0.05, 0) is 19.4 Å². The average molecular weight is 419 g/mol. The van der Waals surface area contributed by atoms with Crippen LogP contribution in [0.25, 0.3) is 0 Å². The summed E-state index contributed by atoms with van der Waals surface area (Å²) in [7, 11) is -3.92. The Bertz CT molecular complexity index is 739. The molecule has 1 amide bonds. The smallest absolute Gasteiger partial charge is 0.355 e. The minimum Gasteiger partial charge on any atom is -0.456 e. The second-order valence-electron chi connectivity index (χ2n) is 5.11. The maximum absolute atomic E-state index is 12.5. The molecule has 0 aromatic rings. The number of esters is 1. The Morgan fingerprint density at radius 3 is 2.46 bits per heavy atom. The van der Waals surface area contributed by atoms with Crippen LogP contribution < -0.4 is 0 Å². The van der Waals surface area contributed by atoms with Crippen molar-refractivity contribution in [1.29, 1.82) is 0 Å². The first kappa shape index (κ1) is 19.5. The first-order valence-electron chi connectivity index (χ1n) is 6.76. The number of rotatable bonds is 4. The molecule has 1 fully saturated rings. The van der Waals surface area contributed by atoms with Gasteiger partial charge in [-0.1, -0.05) is 41.4 Å². The number of alkyl halides is 3. The second kappa shape index (κ2) is 6.49. The van der Waals surface area contributed by atoms with E-state index in [9.17, 15) is 18.0 Å². The summed E-state index contributed by atoms with van der Waals surface area (Å²) in [6.07, 6.45) is -1.19. The number of β-lactam (4-membered cyclic amide) rings is 1. The summed E-state index contributed by atoms with van der Waals surface area (Å²) in [4.78, 5) is 25.1. The molecule has 0 saturated carbocycles. The van der Waals surface area contributed by atoms with Crippen molar-refractivity contribution in [3.63, 3.8) is 0 Å². The summed E-state index contributed by atoms with van der Waals surface area (Å²) in [5.74, 6) is -1.64. The van der Waals surface area contributed by atoms with Crippen LogP contribution in [-0.4, -0.2) is 53.7 Å². The Balaban J connectivity index is 2.41. The van der Waals surface area contributed by atoms with E-state index < -0.39 is 43.6 Å². The standard InChI is InChI=1S/C13H14Cl3NO6S/c1-4-22-9-10(18)17-8(12(19)23-5-13(14,15)16)6(2)7(3)24(20,21)11(9)17/h9,11H,3-5H2,1-2H3/t9-,11-/m0/s1. The predicted octanol–water partition coefficient (Wildman–Crippen LogP) is 1.69. The van der Waals surface area contributed by atoms with E-state index in [2.05, 4.69) is 6.58 Å². The highest BCUT2D eigenvalue weighted by molar-refractivity contribution is 7.96. The van der Waals surface area contributed by atoms with Crippen LogP contribution in [0.1, 0.15) is 13.8 Å². The Labute approximate surface area is 154 Å². The van der Waals surface area contributed by atoms with E-state index in [1.165, 1.54) is 6.92 Å². The summed E-state index contributed by atoms with van der Waals surface area (Å²) >= 11 is 16.6. The third kappa shape index (κ3) is 3.17. The van der Waals surface area contributed by atoms with Gasteiger partial charge >= 0.3 is 5.97 Å². The topological polar surface area (TPSA) is 90.0 Å². The number of hydrogen-bond acceptors (Lipinski definition) is 6. The lowest BCUT2D eigenvalue weighted by Gasteiger charge is -2.48. The van der Waals surface area contributed by atoms with E-state index in [-0.39, 0.29) is 22.8 Å². The van der Waals surface area contributed by atoms with Crippen molar-refractivity contribution >= 4 is 56.5 Å². The molecule has 0 N–H and O–H groups in total. The van der Waals surface area contributed by atoms with Crippen LogP contribution in [0.4, 0.5) is 0 Å². The molecule has 2 rings (SSSR count). The van der Waals surface area contributed by atoms with Gasteiger partial charge < -0.3 is 9.47 Å².